The Balaban J connectivity index is 2.40. The van der Waals surface area contributed by atoms with Gasteiger partial charge < -0.3 is 29.8 Å². The maximum absolute atomic E-state index is 11.5. The number of phenols is 1. The molecule has 0 aromatic heterocycles. The average Bonchev–Trinajstić information content (AvgIpc) is 2.60. The van der Waals surface area contributed by atoms with E-state index in [2.05, 4.69) is 5.32 Å². The van der Waals surface area contributed by atoms with Crippen LogP contribution >= 0.6 is 0 Å². The molecule has 1 atom stereocenters. The van der Waals surface area contributed by atoms with Crippen molar-refractivity contribution < 1.29 is 24.5 Å². The second-order valence-corrected chi connectivity index (χ2v) is 4.85. The molecule has 7 nitrogen and oxygen atoms in total. The Morgan fingerprint density at radius 3 is 2.29 bits per heavy atom. The fraction of sp³-hybridized carbons (Fsp3) is 0.176. The lowest BCUT2D eigenvalue weighted by Gasteiger charge is -2.23. The number of benzene rings is 2. The van der Waals surface area contributed by atoms with Gasteiger partial charge in [0.1, 0.15) is 5.75 Å². The van der Waals surface area contributed by atoms with Crippen LogP contribution in [-0.4, -0.2) is 25.3 Å². The summed E-state index contributed by atoms with van der Waals surface area (Å²) in [7, 11) is 2.81. The number of carboxylic acids is 1. The van der Waals surface area contributed by atoms with Crippen molar-refractivity contribution in [3.05, 3.63) is 47.5 Å². The van der Waals surface area contributed by atoms with E-state index in [1.807, 2.05) is 6.07 Å². The lowest BCUT2D eigenvalue weighted by molar-refractivity contribution is -0.307. The normalized spacial score (nSPS) is 11.2. The number of hydrogen-bond donors (Lipinski definition) is 2. The summed E-state index contributed by atoms with van der Waals surface area (Å²) in [6.45, 7) is 0. The van der Waals surface area contributed by atoms with Crippen LogP contribution in [0.3, 0.4) is 0 Å². The molecular weight excluding hydrogens is 312 g/mol. The molecule has 0 heterocycles. The van der Waals surface area contributed by atoms with E-state index in [4.69, 9.17) is 14.7 Å². The van der Waals surface area contributed by atoms with Crippen LogP contribution < -0.4 is 19.9 Å². The number of nitriles is 1. The summed E-state index contributed by atoms with van der Waals surface area (Å²) in [5.41, 5.74) is 0.967. The van der Waals surface area contributed by atoms with Crippen molar-refractivity contribution in [3.63, 3.8) is 0 Å². The smallest absolute Gasteiger partial charge is 0.164 e. The Bertz CT molecular complexity index is 781. The van der Waals surface area contributed by atoms with Crippen LogP contribution in [0.5, 0.6) is 17.2 Å². The first kappa shape index (κ1) is 17.0. The Kier molecular flexibility index (Phi) is 5.12. The molecular formula is C17H15N2O5-. The van der Waals surface area contributed by atoms with E-state index in [1.54, 1.807) is 24.3 Å². The van der Waals surface area contributed by atoms with E-state index >= 15 is 0 Å². The minimum Gasteiger partial charge on any atom is -0.548 e. The number of ether oxygens (including phenoxy) is 2. The zero-order valence-corrected chi connectivity index (χ0v) is 13.1. The number of carbonyl (C=O) groups is 1. The van der Waals surface area contributed by atoms with Gasteiger partial charge in [0.25, 0.3) is 0 Å². The summed E-state index contributed by atoms with van der Waals surface area (Å²) in [5, 5.41) is 33.2. The number of rotatable bonds is 6. The highest BCUT2D eigenvalue weighted by atomic mass is 16.5. The van der Waals surface area contributed by atoms with Crippen LogP contribution in [0, 0.1) is 11.3 Å². The number of anilines is 1. The van der Waals surface area contributed by atoms with E-state index < -0.39 is 12.0 Å². The van der Waals surface area contributed by atoms with Crippen LogP contribution in [0.4, 0.5) is 5.69 Å². The molecule has 2 aromatic rings. The molecule has 124 valence electrons. The molecule has 0 aliphatic rings. The summed E-state index contributed by atoms with van der Waals surface area (Å²) in [6, 6.07) is 9.50. The number of carboxylic acid groups (broad SMARTS) is 1. The van der Waals surface area contributed by atoms with Crippen molar-refractivity contribution >= 4 is 11.7 Å². The van der Waals surface area contributed by atoms with E-state index in [-0.39, 0.29) is 22.8 Å². The Labute approximate surface area is 138 Å². The number of hydrogen-bond acceptors (Lipinski definition) is 7. The van der Waals surface area contributed by atoms with E-state index in [9.17, 15) is 15.0 Å². The highest BCUT2D eigenvalue weighted by Gasteiger charge is 2.20. The fourth-order valence-electron chi connectivity index (χ4n) is 2.19. The summed E-state index contributed by atoms with van der Waals surface area (Å²) in [4.78, 5) is 11.5. The third-order valence-electron chi connectivity index (χ3n) is 3.40. The third kappa shape index (κ3) is 3.50. The molecule has 0 aliphatic carbocycles. The minimum atomic E-state index is -1.43. The molecule has 0 spiro atoms. The molecule has 0 saturated heterocycles. The van der Waals surface area contributed by atoms with Crippen LogP contribution in [0.1, 0.15) is 17.2 Å². The van der Waals surface area contributed by atoms with Gasteiger partial charge in [0.05, 0.1) is 37.9 Å². The second kappa shape index (κ2) is 7.24. The molecule has 0 radical (unpaired) electrons. The van der Waals surface area contributed by atoms with Gasteiger partial charge in [-0.1, -0.05) is 0 Å². The van der Waals surface area contributed by atoms with Crippen LogP contribution in [0.25, 0.3) is 0 Å². The molecule has 1 unspecified atom stereocenters. The number of carbonyl (C=O) groups excluding carboxylic acids is 1. The zero-order valence-electron chi connectivity index (χ0n) is 13.1. The predicted octanol–water partition coefficient (Wildman–Crippen LogP) is 1.18. The Morgan fingerprint density at radius 1 is 1.21 bits per heavy atom. The third-order valence-corrected chi connectivity index (χ3v) is 3.40. The van der Waals surface area contributed by atoms with Crippen LogP contribution in [0.15, 0.2) is 36.4 Å². The highest BCUT2D eigenvalue weighted by molar-refractivity contribution is 5.79. The maximum atomic E-state index is 11.5. The van der Waals surface area contributed by atoms with E-state index in [0.717, 1.165) is 0 Å². The monoisotopic (exact) mass is 327 g/mol. The second-order valence-electron chi connectivity index (χ2n) is 4.85. The summed E-state index contributed by atoms with van der Waals surface area (Å²) >= 11 is 0. The first-order chi connectivity index (χ1) is 11.5. The first-order valence-corrected chi connectivity index (χ1v) is 6.92. The predicted molar refractivity (Wildman–Crippen MR) is 83.7 cm³/mol. The number of nitrogens with one attached hydrogen (secondary N) is 1. The Morgan fingerprint density at radius 2 is 1.79 bits per heavy atom. The molecule has 2 rings (SSSR count). The van der Waals surface area contributed by atoms with Gasteiger partial charge in [0, 0.05) is 17.3 Å². The lowest BCUT2D eigenvalue weighted by atomic mass is 10.0. The molecule has 7 heteroatoms. The number of aromatic hydroxyl groups is 1. The van der Waals surface area contributed by atoms with E-state index in [1.165, 1.54) is 26.4 Å². The minimum absolute atomic E-state index is 0.0667. The molecule has 0 aliphatic heterocycles. The van der Waals surface area contributed by atoms with Crippen LogP contribution in [0.2, 0.25) is 0 Å². The van der Waals surface area contributed by atoms with Gasteiger partial charge in [-0.25, -0.2) is 0 Å². The summed E-state index contributed by atoms with van der Waals surface area (Å²) in [6.07, 6.45) is 0. The van der Waals surface area contributed by atoms with Gasteiger partial charge in [-0.15, -0.1) is 0 Å². The average molecular weight is 327 g/mol. The summed E-state index contributed by atoms with van der Waals surface area (Å²) < 4.78 is 10.2. The van der Waals surface area contributed by atoms with Gasteiger partial charge >= 0.3 is 0 Å². The highest BCUT2D eigenvalue weighted by Crippen LogP contribution is 2.37. The standard InChI is InChI=1S/C17H16N2O5/c1-23-14-7-12(13(20)8-15(14)24-2)16(17(21)22)19-11-5-3-10(9-18)4-6-11/h3-8,16,19-20H,1-2H3,(H,21,22)/p-1. The van der Waals surface area contributed by atoms with Crippen molar-refractivity contribution in [2.24, 2.45) is 0 Å². The fourth-order valence-corrected chi connectivity index (χ4v) is 2.19. The molecule has 0 amide bonds. The topological polar surface area (TPSA) is 115 Å². The quantitative estimate of drug-likeness (QED) is 0.818. The van der Waals surface area contributed by atoms with Crippen molar-refractivity contribution in [1.29, 1.82) is 5.26 Å². The van der Waals surface area contributed by atoms with Crippen molar-refractivity contribution in [3.8, 4) is 23.3 Å². The van der Waals surface area contributed by atoms with Gasteiger partial charge in [-0.05, 0) is 30.3 Å². The summed E-state index contributed by atoms with van der Waals surface area (Å²) in [5.74, 6) is -1.16. The zero-order chi connectivity index (χ0) is 17.7. The SMILES string of the molecule is COc1cc(O)c(C(Nc2ccc(C#N)cc2)C(=O)[O-])cc1OC. The molecule has 0 saturated carbocycles. The number of methoxy groups -OCH3 is 2. The maximum Gasteiger partial charge on any atom is 0.164 e. The largest absolute Gasteiger partial charge is 0.548 e. The van der Waals surface area contributed by atoms with Gasteiger partial charge in [0.2, 0.25) is 0 Å². The van der Waals surface area contributed by atoms with Crippen molar-refractivity contribution in [2.75, 3.05) is 19.5 Å². The Hall–Kier alpha value is -3.40. The molecule has 0 fully saturated rings. The van der Waals surface area contributed by atoms with Gasteiger partial charge in [0.15, 0.2) is 11.5 Å². The van der Waals surface area contributed by atoms with Gasteiger partial charge in [-0.2, -0.15) is 5.26 Å². The molecule has 2 aromatic carbocycles. The van der Waals surface area contributed by atoms with Gasteiger partial charge in [-0.3, -0.25) is 0 Å². The lowest BCUT2D eigenvalue weighted by Crippen LogP contribution is -2.34. The van der Waals surface area contributed by atoms with Crippen molar-refractivity contribution in [2.45, 2.75) is 6.04 Å². The molecule has 0 bridgehead atoms. The molecule has 2 N–H and O–H groups in total. The van der Waals surface area contributed by atoms with Crippen molar-refractivity contribution in [1.82, 2.24) is 0 Å². The van der Waals surface area contributed by atoms with Crippen LogP contribution in [-0.2, 0) is 4.79 Å². The number of aliphatic carboxylic acids is 1. The number of phenolic OH excluding ortho intramolecular Hbond substituents is 1. The van der Waals surface area contributed by atoms with E-state index in [0.29, 0.717) is 11.3 Å². The molecule has 24 heavy (non-hydrogen) atoms. The first-order valence-electron chi connectivity index (χ1n) is 6.92. The number of nitrogens with zero attached hydrogens (tertiary/aromatic N) is 1.